The van der Waals surface area contributed by atoms with Crippen LogP contribution >= 0.6 is 0 Å². The maximum absolute atomic E-state index is 13.2. The maximum Gasteiger partial charge on any atom is 0.411 e. The number of hydrogen-bond acceptors (Lipinski definition) is 6. The Morgan fingerprint density at radius 2 is 1.93 bits per heavy atom. The molecule has 1 saturated heterocycles. The van der Waals surface area contributed by atoms with E-state index in [4.69, 9.17) is 9.47 Å². The molecule has 5 rings (SSSR count). The largest absolute Gasteiger partial charge is 0.496 e. The average Bonchev–Trinajstić information content (AvgIpc) is 3.39. The van der Waals surface area contributed by atoms with Gasteiger partial charge in [0.15, 0.2) is 0 Å². The zero-order valence-electron chi connectivity index (χ0n) is 23.4. The van der Waals surface area contributed by atoms with Gasteiger partial charge in [0, 0.05) is 54.6 Å². The molecule has 2 N–H and O–H groups in total. The normalized spacial score (nSPS) is 15.6. The van der Waals surface area contributed by atoms with E-state index in [1.807, 2.05) is 42.6 Å². The average molecular weight is 542 g/mol. The number of ether oxygens (including phenoxy) is 2. The predicted octanol–water partition coefficient (Wildman–Crippen LogP) is 5.64. The minimum Gasteiger partial charge on any atom is -0.496 e. The van der Waals surface area contributed by atoms with Crippen molar-refractivity contribution in [1.29, 1.82) is 0 Å². The molecule has 0 spiro atoms. The third-order valence-corrected chi connectivity index (χ3v) is 7.48. The Balaban J connectivity index is 1.43. The zero-order valence-corrected chi connectivity index (χ0v) is 23.4. The van der Waals surface area contributed by atoms with Gasteiger partial charge in [0.2, 0.25) is 0 Å². The number of hydrogen-bond donors (Lipinski definition) is 2. The van der Waals surface area contributed by atoms with E-state index in [1.165, 1.54) is 4.90 Å². The highest BCUT2D eigenvalue weighted by atomic mass is 16.5. The van der Waals surface area contributed by atoms with Gasteiger partial charge in [0.05, 0.1) is 18.4 Å². The Morgan fingerprint density at radius 3 is 2.70 bits per heavy atom. The number of anilines is 1. The van der Waals surface area contributed by atoms with Crippen molar-refractivity contribution in [3.05, 3.63) is 66.5 Å². The number of benzene rings is 2. The Labute approximate surface area is 234 Å². The number of H-pyrrole nitrogens is 1. The highest BCUT2D eigenvalue weighted by Gasteiger charge is 2.22. The molecule has 1 unspecified atom stereocenters. The van der Waals surface area contributed by atoms with E-state index in [1.54, 1.807) is 39.5 Å². The SMILES string of the molecule is COc1ccccc1-c1c[nH]c2ncc(-c3ccc(NC(=O)OCC4CCCCN4C)c(C(=O)N(C)C)c3)cc12. The molecule has 0 aliphatic carbocycles. The van der Waals surface area contributed by atoms with Crippen molar-refractivity contribution in [1.82, 2.24) is 19.8 Å². The molecular weight excluding hydrogens is 506 g/mol. The van der Waals surface area contributed by atoms with Crippen molar-refractivity contribution in [2.24, 2.45) is 0 Å². The number of aromatic nitrogens is 2. The summed E-state index contributed by atoms with van der Waals surface area (Å²) in [7, 11) is 7.07. The van der Waals surface area contributed by atoms with Gasteiger partial charge in [-0.2, -0.15) is 0 Å². The van der Waals surface area contributed by atoms with E-state index in [9.17, 15) is 9.59 Å². The first-order chi connectivity index (χ1) is 19.4. The third kappa shape index (κ3) is 5.65. The molecule has 9 heteroatoms. The van der Waals surface area contributed by atoms with Crippen molar-refractivity contribution >= 4 is 28.7 Å². The first-order valence-electron chi connectivity index (χ1n) is 13.5. The summed E-state index contributed by atoms with van der Waals surface area (Å²) >= 11 is 0. The predicted molar refractivity (Wildman–Crippen MR) is 157 cm³/mol. The van der Waals surface area contributed by atoms with Gasteiger partial charge in [-0.3, -0.25) is 10.1 Å². The van der Waals surface area contributed by atoms with Crippen LogP contribution in [0.1, 0.15) is 29.6 Å². The number of likely N-dealkylation sites (N-methyl/N-ethyl adjacent to an activating group) is 1. The highest BCUT2D eigenvalue weighted by Crippen LogP contribution is 2.36. The van der Waals surface area contributed by atoms with Gasteiger partial charge >= 0.3 is 6.09 Å². The Bertz CT molecular complexity index is 1530. The molecule has 1 atom stereocenters. The topological polar surface area (TPSA) is 99.8 Å². The van der Waals surface area contributed by atoms with Crippen molar-refractivity contribution in [2.45, 2.75) is 25.3 Å². The summed E-state index contributed by atoms with van der Waals surface area (Å²) in [5, 5.41) is 3.72. The lowest BCUT2D eigenvalue weighted by atomic mass is 9.99. The van der Waals surface area contributed by atoms with Crippen LogP contribution in [0.25, 0.3) is 33.3 Å². The number of piperidine rings is 1. The standard InChI is InChI=1S/C31H35N5O4/c1-35(2)30(37)25-15-20(12-13-27(25)34-31(38)40-19-22-9-7-8-14-36(22)3)21-16-24-26(18-33-29(24)32-17-21)23-10-5-6-11-28(23)39-4/h5-6,10-13,15-18,22H,7-9,14,19H2,1-4H3,(H,32,33)(H,34,38). The quantitative estimate of drug-likeness (QED) is 0.314. The number of nitrogens with zero attached hydrogens (tertiary/aromatic N) is 3. The minimum absolute atomic E-state index is 0.210. The van der Waals surface area contributed by atoms with E-state index in [-0.39, 0.29) is 11.9 Å². The molecule has 0 bridgehead atoms. The lowest BCUT2D eigenvalue weighted by molar-refractivity contribution is 0.0828. The Morgan fingerprint density at radius 1 is 1.10 bits per heavy atom. The smallest absolute Gasteiger partial charge is 0.411 e. The molecule has 2 amide bonds. The number of pyridine rings is 1. The number of rotatable bonds is 7. The second-order valence-electron chi connectivity index (χ2n) is 10.3. The van der Waals surface area contributed by atoms with Gasteiger partial charge in [0.1, 0.15) is 18.0 Å². The van der Waals surface area contributed by atoms with Gasteiger partial charge in [-0.25, -0.2) is 9.78 Å². The fourth-order valence-corrected chi connectivity index (χ4v) is 5.17. The molecule has 4 aromatic rings. The van der Waals surface area contributed by atoms with Crippen LogP contribution in [0, 0.1) is 0 Å². The van der Waals surface area contributed by atoms with Gasteiger partial charge in [0.25, 0.3) is 5.91 Å². The Hall–Kier alpha value is -4.37. The molecule has 2 aromatic carbocycles. The lowest BCUT2D eigenvalue weighted by Crippen LogP contribution is -2.40. The van der Waals surface area contributed by atoms with Crippen LogP contribution in [-0.4, -0.2) is 79.2 Å². The van der Waals surface area contributed by atoms with Crippen LogP contribution < -0.4 is 10.1 Å². The fraction of sp³-hybridized carbons (Fsp3) is 0.323. The molecule has 40 heavy (non-hydrogen) atoms. The number of para-hydroxylation sites is 1. The number of carbonyl (C=O) groups is 2. The van der Waals surface area contributed by atoms with Crippen LogP contribution in [0.2, 0.25) is 0 Å². The van der Waals surface area contributed by atoms with Gasteiger partial charge in [-0.15, -0.1) is 0 Å². The van der Waals surface area contributed by atoms with E-state index in [2.05, 4.69) is 27.2 Å². The number of aromatic amines is 1. The summed E-state index contributed by atoms with van der Waals surface area (Å²) in [4.78, 5) is 37.4. The summed E-state index contributed by atoms with van der Waals surface area (Å²) in [5.41, 5.74) is 5.08. The number of nitrogens with one attached hydrogen (secondary N) is 2. The summed E-state index contributed by atoms with van der Waals surface area (Å²) in [6.07, 6.45) is 6.41. The molecule has 1 aliphatic rings. The van der Waals surface area contributed by atoms with Gasteiger partial charge in [-0.1, -0.05) is 30.7 Å². The number of amides is 2. The van der Waals surface area contributed by atoms with Crippen LogP contribution in [0.4, 0.5) is 10.5 Å². The second kappa shape index (κ2) is 11.8. The molecule has 1 fully saturated rings. The minimum atomic E-state index is -0.573. The first kappa shape index (κ1) is 27.2. The zero-order chi connectivity index (χ0) is 28.2. The lowest BCUT2D eigenvalue weighted by Gasteiger charge is -2.31. The molecule has 208 valence electrons. The summed E-state index contributed by atoms with van der Waals surface area (Å²) in [5.74, 6) is 0.541. The monoisotopic (exact) mass is 541 g/mol. The molecular formula is C31H35N5O4. The van der Waals surface area contributed by atoms with E-state index in [0.29, 0.717) is 17.9 Å². The third-order valence-electron chi connectivity index (χ3n) is 7.48. The van der Waals surface area contributed by atoms with Crippen LogP contribution in [0.3, 0.4) is 0 Å². The van der Waals surface area contributed by atoms with E-state index < -0.39 is 6.09 Å². The van der Waals surface area contributed by atoms with Crippen LogP contribution in [0.15, 0.2) is 60.9 Å². The van der Waals surface area contributed by atoms with Crippen molar-refractivity contribution < 1.29 is 19.1 Å². The maximum atomic E-state index is 13.2. The summed E-state index contributed by atoms with van der Waals surface area (Å²) in [6, 6.07) is 15.5. The number of methoxy groups -OCH3 is 1. The molecule has 9 nitrogen and oxygen atoms in total. The van der Waals surface area contributed by atoms with Crippen molar-refractivity contribution in [2.75, 3.05) is 46.7 Å². The van der Waals surface area contributed by atoms with E-state index in [0.717, 1.165) is 64.8 Å². The Kier molecular flexibility index (Phi) is 8.02. The molecule has 0 saturated carbocycles. The van der Waals surface area contributed by atoms with Crippen molar-refractivity contribution in [3.63, 3.8) is 0 Å². The summed E-state index contributed by atoms with van der Waals surface area (Å²) in [6.45, 7) is 1.32. The number of fused-ring (bicyclic) bond motifs is 1. The van der Waals surface area contributed by atoms with Gasteiger partial charge in [-0.05, 0) is 56.3 Å². The second-order valence-corrected chi connectivity index (χ2v) is 10.3. The number of carbonyl (C=O) groups excluding carboxylic acids is 2. The van der Waals surface area contributed by atoms with Crippen molar-refractivity contribution in [3.8, 4) is 28.0 Å². The van der Waals surface area contributed by atoms with E-state index >= 15 is 0 Å². The molecule has 1 aliphatic heterocycles. The summed E-state index contributed by atoms with van der Waals surface area (Å²) < 4.78 is 11.1. The number of likely N-dealkylation sites (tertiary alicyclic amines) is 1. The molecule has 3 heterocycles. The highest BCUT2D eigenvalue weighted by molar-refractivity contribution is 6.04. The van der Waals surface area contributed by atoms with Crippen LogP contribution in [0.5, 0.6) is 5.75 Å². The first-order valence-corrected chi connectivity index (χ1v) is 13.5. The fourth-order valence-electron chi connectivity index (χ4n) is 5.17. The molecule has 2 aromatic heterocycles. The molecule has 0 radical (unpaired) electrons. The van der Waals surface area contributed by atoms with Gasteiger partial charge < -0.3 is 24.3 Å². The van der Waals surface area contributed by atoms with Crippen LogP contribution in [-0.2, 0) is 4.74 Å².